The van der Waals surface area contributed by atoms with Gasteiger partial charge in [0.1, 0.15) is 5.75 Å². The van der Waals surface area contributed by atoms with E-state index in [0.29, 0.717) is 12.5 Å². The number of benzene rings is 1. The van der Waals surface area contributed by atoms with Crippen LogP contribution in [0.2, 0.25) is 0 Å². The summed E-state index contributed by atoms with van der Waals surface area (Å²) in [6, 6.07) is 7.13. The number of carboxylic acids is 1. The number of carbonyl (C=O) groups is 2. The second kappa shape index (κ2) is 9.15. The van der Waals surface area contributed by atoms with Crippen molar-refractivity contribution in [2.45, 2.75) is 33.7 Å². The number of aliphatic carboxylic acids is 1. The van der Waals surface area contributed by atoms with E-state index in [-0.39, 0.29) is 18.6 Å². The molecule has 2 amide bonds. The summed E-state index contributed by atoms with van der Waals surface area (Å²) in [4.78, 5) is 24.4. The van der Waals surface area contributed by atoms with Crippen molar-refractivity contribution in [1.82, 2.24) is 10.2 Å². The number of nitrogens with zero attached hydrogens (tertiary/aromatic N) is 1. The van der Waals surface area contributed by atoms with Gasteiger partial charge in [-0.1, -0.05) is 32.9 Å². The quantitative estimate of drug-likeness (QED) is 0.764. The molecule has 0 saturated heterocycles. The Kier molecular flexibility index (Phi) is 7.55. The number of carbonyl (C=O) groups excluding carboxylic acids is 1. The molecule has 0 heterocycles. The van der Waals surface area contributed by atoms with Crippen molar-refractivity contribution < 1.29 is 19.4 Å². The van der Waals surface area contributed by atoms with Gasteiger partial charge in [0.2, 0.25) is 0 Å². The van der Waals surface area contributed by atoms with Gasteiger partial charge in [-0.2, -0.15) is 0 Å². The first-order valence-corrected chi connectivity index (χ1v) is 8.17. The molecule has 0 radical (unpaired) electrons. The van der Waals surface area contributed by atoms with Crippen LogP contribution in [0, 0.1) is 11.8 Å². The highest BCUT2D eigenvalue weighted by Gasteiger charge is 2.19. The maximum absolute atomic E-state index is 12.1. The molecule has 0 aliphatic rings. The SMILES string of the molecule is CC(C)COc1ccc(C(C)NC(=O)N(C)CC(C)C(=O)O)cc1. The summed E-state index contributed by atoms with van der Waals surface area (Å²) >= 11 is 0. The molecule has 2 unspecified atom stereocenters. The van der Waals surface area contributed by atoms with Crippen LogP contribution in [-0.4, -0.2) is 42.2 Å². The van der Waals surface area contributed by atoms with E-state index in [1.165, 1.54) is 4.90 Å². The molecular weight excluding hydrogens is 308 g/mol. The average Bonchev–Trinajstić information content (AvgIpc) is 2.52. The van der Waals surface area contributed by atoms with E-state index in [4.69, 9.17) is 9.84 Å². The molecule has 134 valence electrons. The van der Waals surface area contributed by atoms with E-state index < -0.39 is 11.9 Å². The van der Waals surface area contributed by atoms with E-state index in [2.05, 4.69) is 19.2 Å². The minimum Gasteiger partial charge on any atom is -0.493 e. The van der Waals surface area contributed by atoms with Crippen molar-refractivity contribution >= 4 is 12.0 Å². The number of rotatable bonds is 8. The molecule has 0 aliphatic carbocycles. The van der Waals surface area contributed by atoms with Crippen LogP contribution in [0.4, 0.5) is 4.79 Å². The predicted molar refractivity (Wildman–Crippen MR) is 93.2 cm³/mol. The molecule has 0 saturated carbocycles. The van der Waals surface area contributed by atoms with E-state index in [9.17, 15) is 9.59 Å². The fourth-order valence-corrected chi connectivity index (χ4v) is 2.07. The van der Waals surface area contributed by atoms with Crippen molar-refractivity contribution in [3.63, 3.8) is 0 Å². The Morgan fingerprint density at radius 1 is 1.17 bits per heavy atom. The van der Waals surface area contributed by atoms with Gasteiger partial charge >= 0.3 is 12.0 Å². The van der Waals surface area contributed by atoms with Crippen LogP contribution in [0.5, 0.6) is 5.75 Å². The summed E-state index contributed by atoms with van der Waals surface area (Å²) in [5.74, 6) is -0.252. The molecule has 2 N–H and O–H groups in total. The molecule has 6 heteroatoms. The van der Waals surface area contributed by atoms with Gasteiger partial charge in [0.15, 0.2) is 0 Å². The molecular formula is C18H28N2O4. The number of carboxylic acid groups (broad SMARTS) is 1. The molecule has 24 heavy (non-hydrogen) atoms. The van der Waals surface area contributed by atoms with E-state index in [1.807, 2.05) is 31.2 Å². The van der Waals surface area contributed by atoms with Crippen LogP contribution in [0.3, 0.4) is 0 Å². The highest BCUT2D eigenvalue weighted by atomic mass is 16.5. The second-order valence-electron chi connectivity index (χ2n) is 6.56. The molecule has 2 atom stereocenters. The highest BCUT2D eigenvalue weighted by molar-refractivity contribution is 5.76. The maximum atomic E-state index is 12.1. The minimum absolute atomic E-state index is 0.163. The van der Waals surface area contributed by atoms with Gasteiger partial charge in [0.25, 0.3) is 0 Å². The van der Waals surface area contributed by atoms with E-state index >= 15 is 0 Å². The van der Waals surface area contributed by atoms with Crippen molar-refractivity contribution in [2.75, 3.05) is 20.2 Å². The molecule has 1 aromatic carbocycles. The highest BCUT2D eigenvalue weighted by Crippen LogP contribution is 2.18. The summed E-state index contributed by atoms with van der Waals surface area (Å²) in [5.41, 5.74) is 0.958. The number of hydrogen-bond acceptors (Lipinski definition) is 3. The Morgan fingerprint density at radius 2 is 1.75 bits per heavy atom. The van der Waals surface area contributed by atoms with Crippen molar-refractivity contribution in [3.05, 3.63) is 29.8 Å². The van der Waals surface area contributed by atoms with Crippen molar-refractivity contribution in [2.24, 2.45) is 11.8 Å². The minimum atomic E-state index is -0.917. The normalized spacial score (nSPS) is 13.2. The van der Waals surface area contributed by atoms with Gasteiger partial charge in [-0.05, 0) is 30.5 Å². The topological polar surface area (TPSA) is 78.9 Å². The van der Waals surface area contributed by atoms with Gasteiger partial charge in [0.05, 0.1) is 18.6 Å². The van der Waals surface area contributed by atoms with Crippen LogP contribution in [0.1, 0.15) is 39.3 Å². The Balaban J connectivity index is 2.55. The third-order valence-electron chi connectivity index (χ3n) is 3.62. The van der Waals surface area contributed by atoms with Crippen molar-refractivity contribution in [3.8, 4) is 5.75 Å². The Hall–Kier alpha value is -2.24. The molecule has 0 aromatic heterocycles. The van der Waals surface area contributed by atoms with Gasteiger partial charge in [-0.15, -0.1) is 0 Å². The number of nitrogens with one attached hydrogen (secondary N) is 1. The second-order valence-corrected chi connectivity index (χ2v) is 6.56. The number of amides is 2. The van der Waals surface area contributed by atoms with E-state index in [1.54, 1.807) is 14.0 Å². The van der Waals surface area contributed by atoms with E-state index in [0.717, 1.165) is 11.3 Å². The standard InChI is InChI=1S/C18H28N2O4/c1-12(2)11-24-16-8-6-15(7-9-16)14(4)19-18(23)20(5)10-13(3)17(21)22/h6-9,12-14H,10-11H2,1-5H3,(H,19,23)(H,21,22). The first-order valence-electron chi connectivity index (χ1n) is 8.17. The molecule has 0 spiro atoms. The maximum Gasteiger partial charge on any atom is 0.317 e. The first kappa shape index (κ1) is 19.8. The van der Waals surface area contributed by atoms with Crippen LogP contribution >= 0.6 is 0 Å². The third kappa shape index (κ3) is 6.48. The predicted octanol–water partition coefficient (Wildman–Crippen LogP) is 3.14. The first-order chi connectivity index (χ1) is 11.2. The molecule has 1 aromatic rings. The fraction of sp³-hybridized carbons (Fsp3) is 0.556. The van der Waals surface area contributed by atoms with Crippen LogP contribution in [0.25, 0.3) is 0 Å². The fourth-order valence-electron chi connectivity index (χ4n) is 2.07. The largest absolute Gasteiger partial charge is 0.493 e. The zero-order valence-corrected chi connectivity index (χ0v) is 15.1. The van der Waals surface area contributed by atoms with Crippen molar-refractivity contribution in [1.29, 1.82) is 0 Å². The zero-order chi connectivity index (χ0) is 18.3. The molecule has 1 rings (SSSR count). The summed E-state index contributed by atoms with van der Waals surface area (Å²) in [6.45, 7) is 8.47. The summed E-state index contributed by atoms with van der Waals surface area (Å²) < 4.78 is 5.64. The van der Waals surface area contributed by atoms with Gasteiger partial charge in [-0.3, -0.25) is 4.79 Å². The Labute approximate surface area is 143 Å². The van der Waals surface area contributed by atoms with Gasteiger partial charge in [0, 0.05) is 13.6 Å². The third-order valence-corrected chi connectivity index (χ3v) is 3.62. The van der Waals surface area contributed by atoms with Crippen LogP contribution in [-0.2, 0) is 4.79 Å². The summed E-state index contributed by atoms with van der Waals surface area (Å²) in [7, 11) is 1.59. The lowest BCUT2D eigenvalue weighted by Gasteiger charge is -2.23. The number of hydrogen-bond donors (Lipinski definition) is 2. The number of urea groups is 1. The van der Waals surface area contributed by atoms with Crippen LogP contribution < -0.4 is 10.1 Å². The lowest BCUT2D eigenvalue weighted by molar-refractivity contribution is -0.141. The molecule has 0 fully saturated rings. The van der Waals surface area contributed by atoms with Crippen LogP contribution in [0.15, 0.2) is 24.3 Å². The molecule has 0 aliphatic heterocycles. The smallest absolute Gasteiger partial charge is 0.317 e. The number of ether oxygens (including phenoxy) is 1. The van der Waals surface area contributed by atoms with Gasteiger partial charge < -0.3 is 20.1 Å². The lowest BCUT2D eigenvalue weighted by atomic mass is 10.1. The Bertz CT molecular complexity index is 542. The molecule has 6 nitrogen and oxygen atoms in total. The zero-order valence-electron chi connectivity index (χ0n) is 15.1. The summed E-state index contributed by atoms with van der Waals surface area (Å²) in [5, 5.41) is 11.8. The average molecular weight is 336 g/mol. The molecule has 0 bridgehead atoms. The summed E-state index contributed by atoms with van der Waals surface area (Å²) in [6.07, 6.45) is 0. The Morgan fingerprint density at radius 3 is 2.25 bits per heavy atom. The lowest BCUT2D eigenvalue weighted by Crippen LogP contribution is -2.41. The monoisotopic (exact) mass is 336 g/mol. The van der Waals surface area contributed by atoms with Gasteiger partial charge in [-0.25, -0.2) is 4.79 Å².